The second-order valence-electron chi connectivity index (χ2n) is 4.88. The number of halogens is 1. The Hall–Kier alpha value is -2.11. The van der Waals surface area contributed by atoms with Crippen molar-refractivity contribution in [1.82, 2.24) is 5.32 Å². The molecule has 0 spiro atoms. The van der Waals surface area contributed by atoms with Gasteiger partial charge in [0.25, 0.3) is 5.91 Å². The smallest absolute Gasteiger partial charge is 0.328 e. The van der Waals surface area contributed by atoms with Crippen LogP contribution in [0, 0.1) is 11.7 Å². The standard InChI is InChI=1S/C14H19FN2O3/c1-8(2)7-11(14(19)20-3)17-13(18)9-5-4-6-10(15)12(9)16/h4-6,8,11H,7,16H2,1-3H3,(H,17,18). The number of ether oxygens (including phenoxy) is 1. The molecule has 1 rings (SSSR count). The molecule has 0 bridgehead atoms. The molecule has 0 aromatic heterocycles. The lowest BCUT2D eigenvalue weighted by Gasteiger charge is -2.18. The minimum absolute atomic E-state index is 0.00246. The van der Waals surface area contributed by atoms with Crippen LogP contribution in [0.2, 0.25) is 0 Å². The van der Waals surface area contributed by atoms with Gasteiger partial charge in [-0.25, -0.2) is 9.18 Å². The summed E-state index contributed by atoms with van der Waals surface area (Å²) < 4.78 is 18.0. The Kier molecular flexibility index (Phi) is 5.49. The third kappa shape index (κ3) is 3.94. The Labute approximate surface area is 117 Å². The highest BCUT2D eigenvalue weighted by Gasteiger charge is 2.24. The zero-order valence-corrected chi connectivity index (χ0v) is 11.8. The number of nitrogens with one attached hydrogen (secondary N) is 1. The van der Waals surface area contributed by atoms with Crippen LogP contribution < -0.4 is 11.1 Å². The van der Waals surface area contributed by atoms with Gasteiger partial charge in [-0.2, -0.15) is 0 Å². The second kappa shape index (κ2) is 6.88. The van der Waals surface area contributed by atoms with Gasteiger partial charge in [0.1, 0.15) is 11.9 Å². The number of amides is 1. The van der Waals surface area contributed by atoms with Gasteiger partial charge in [-0.3, -0.25) is 4.79 Å². The number of carbonyl (C=O) groups is 2. The fraction of sp³-hybridized carbons (Fsp3) is 0.429. The van der Waals surface area contributed by atoms with Gasteiger partial charge in [0.15, 0.2) is 0 Å². The van der Waals surface area contributed by atoms with E-state index in [0.717, 1.165) is 6.07 Å². The summed E-state index contributed by atoms with van der Waals surface area (Å²) in [5.41, 5.74) is 5.28. The summed E-state index contributed by atoms with van der Waals surface area (Å²) in [4.78, 5) is 23.7. The van der Waals surface area contributed by atoms with Gasteiger partial charge in [0.2, 0.25) is 0 Å². The van der Waals surface area contributed by atoms with Gasteiger partial charge in [0.05, 0.1) is 18.4 Å². The number of carbonyl (C=O) groups excluding carboxylic acids is 2. The molecule has 0 saturated carbocycles. The summed E-state index contributed by atoms with van der Waals surface area (Å²) in [5.74, 6) is -1.62. The van der Waals surface area contributed by atoms with Crippen LogP contribution in [-0.4, -0.2) is 25.0 Å². The number of nitrogens with two attached hydrogens (primary N) is 1. The first-order valence-electron chi connectivity index (χ1n) is 6.29. The number of benzene rings is 1. The maximum atomic E-state index is 13.3. The molecule has 1 aromatic rings. The van der Waals surface area contributed by atoms with Crippen molar-refractivity contribution >= 4 is 17.6 Å². The summed E-state index contributed by atoms with van der Waals surface area (Å²) in [6.07, 6.45) is 0.424. The van der Waals surface area contributed by atoms with E-state index < -0.39 is 23.7 Å². The van der Waals surface area contributed by atoms with Gasteiger partial charge in [-0.05, 0) is 24.5 Å². The number of rotatable bonds is 5. The number of para-hydroxylation sites is 1. The number of anilines is 1. The molecule has 0 aliphatic heterocycles. The van der Waals surface area contributed by atoms with Crippen molar-refractivity contribution in [2.45, 2.75) is 26.3 Å². The minimum Gasteiger partial charge on any atom is -0.467 e. The largest absolute Gasteiger partial charge is 0.467 e. The molecule has 0 heterocycles. The third-order valence-electron chi connectivity index (χ3n) is 2.80. The van der Waals surface area contributed by atoms with Crippen molar-refractivity contribution in [3.8, 4) is 0 Å². The minimum atomic E-state index is -0.782. The van der Waals surface area contributed by atoms with Crippen LogP contribution in [0.4, 0.5) is 10.1 Å². The van der Waals surface area contributed by atoms with Crippen molar-refractivity contribution in [1.29, 1.82) is 0 Å². The third-order valence-corrected chi connectivity index (χ3v) is 2.80. The Bertz CT molecular complexity index is 503. The maximum Gasteiger partial charge on any atom is 0.328 e. The molecule has 1 amide bonds. The van der Waals surface area contributed by atoms with Crippen LogP contribution in [0.1, 0.15) is 30.6 Å². The van der Waals surface area contributed by atoms with Crippen LogP contribution in [0.15, 0.2) is 18.2 Å². The summed E-state index contributed by atoms with van der Waals surface area (Å²) >= 11 is 0. The molecule has 0 radical (unpaired) electrons. The lowest BCUT2D eigenvalue weighted by molar-refractivity contribution is -0.143. The fourth-order valence-electron chi connectivity index (χ4n) is 1.80. The van der Waals surface area contributed by atoms with Gasteiger partial charge in [-0.15, -0.1) is 0 Å². The lowest BCUT2D eigenvalue weighted by atomic mass is 10.0. The zero-order valence-electron chi connectivity index (χ0n) is 11.8. The van der Waals surface area contributed by atoms with E-state index in [2.05, 4.69) is 10.1 Å². The topological polar surface area (TPSA) is 81.4 Å². The van der Waals surface area contributed by atoms with Crippen LogP contribution in [0.25, 0.3) is 0 Å². The van der Waals surface area contributed by atoms with Crippen molar-refractivity contribution < 1.29 is 18.7 Å². The first-order chi connectivity index (χ1) is 9.36. The lowest BCUT2D eigenvalue weighted by Crippen LogP contribution is -2.42. The van der Waals surface area contributed by atoms with Crippen LogP contribution in [0.3, 0.4) is 0 Å². The molecule has 0 aliphatic rings. The van der Waals surface area contributed by atoms with Crippen molar-refractivity contribution in [2.24, 2.45) is 5.92 Å². The van der Waals surface area contributed by atoms with E-state index in [4.69, 9.17) is 5.73 Å². The molecule has 1 unspecified atom stereocenters. The normalized spacial score (nSPS) is 12.1. The van der Waals surface area contributed by atoms with Crippen molar-refractivity contribution in [3.05, 3.63) is 29.6 Å². The molecule has 0 aliphatic carbocycles. The van der Waals surface area contributed by atoms with E-state index in [0.29, 0.717) is 6.42 Å². The monoisotopic (exact) mass is 282 g/mol. The maximum absolute atomic E-state index is 13.3. The highest BCUT2D eigenvalue weighted by Crippen LogP contribution is 2.16. The predicted octanol–water partition coefficient (Wildman–Crippen LogP) is 1.73. The Morgan fingerprint density at radius 1 is 1.40 bits per heavy atom. The highest BCUT2D eigenvalue weighted by atomic mass is 19.1. The van der Waals surface area contributed by atoms with Crippen molar-refractivity contribution in [3.63, 3.8) is 0 Å². The fourth-order valence-corrected chi connectivity index (χ4v) is 1.80. The van der Waals surface area contributed by atoms with Gasteiger partial charge < -0.3 is 15.8 Å². The summed E-state index contributed by atoms with van der Waals surface area (Å²) in [6, 6.07) is 3.17. The first kappa shape index (κ1) is 15.9. The molecule has 0 fully saturated rings. The van der Waals surface area contributed by atoms with E-state index >= 15 is 0 Å². The second-order valence-corrected chi connectivity index (χ2v) is 4.88. The van der Waals surface area contributed by atoms with Crippen molar-refractivity contribution in [2.75, 3.05) is 12.8 Å². The molecule has 3 N–H and O–H groups in total. The quantitative estimate of drug-likeness (QED) is 0.636. The Morgan fingerprint density at radius 2 is 2.05 bits per heavy atom. The SMILES string of the molecule is COC(=O)C(CC(C)C)NC(=O)c1cccc(F)c1N. The molecular weight excluding hydrogens is 263 g/mol. The molecular formula is C14H19FN2O3. The molecule has 6 heteroatoms. The molecule has 20 heavy (non-hydrogen) atoms. The van der Waals surface area contributed by atoms with Crippen LogP contribution in [0.5, 0.6) is 0 Å². The average molecular weight is 282 g/mol. The number of esters is 1. The summed E-state index contributed by atoms with van der Waals surface area (Å²) in [7, 11) is 1.25. The zero-order chi connectivity index (χ0) is 15.3. The Balaban J connectivity index is 2.90. The molecule has 110 valence electrons. The summed E-state index contributed by atoms with van der Waals surface area (Å²) in [5, 5.41) is 2.52. The average Bonchev–Trinajstić information content (AvgIpc) is 2.39. The number of nitrogen functional groups attached to an aromatic ring is 1. The van der Waals surface area contributed by atoms with Crippen LogP contribution in [-0.2, 0) is 9.53 Å². The van der Waals surface area contributed by atoms with Gasteiger partial charge in [0, 0.05) is 0 Å². The van der Waals surface area contributed by atoms with E-state index in [1.165, 1.54) is 19.2 Å². The number of methoxy groups -OCH3 is 1. The number of hydrogen-bond acceptors (Lipinski definition) is 4. The van der Waals surface area contributed by atoms with E-state index in [-0.39, 0.29) is 17.2 Å². The molecule has 1 aromatic carbocycles. The molecule has 5 nitrogen and oxygen atoms in total. The first-order valence-corrected chi connectivity index (χ1v) is 6.29. The Morgan fingerprint density at radius 3 is 2.60 bits per heavy atom. The van der Waals surface area contributed by atoms with E-state index in [9.17, 15) is 14.0 Å². The molecule has 1 atom stereocenters. The van der Waals surface area contributed by atoms with Gasteiger partial charge >= 0.3 is 5.97 Å². The van der Waals surface area contributed by atoms with E-state index in [1.807, 2.05) is 13.8 Å². The summed E-state index contributed by atoms with van der Waals surface area (Å²) in [6.45, 7) is 3.83. The van der Waals surface area contributed by atoms with Gasteiger partial charge in [-0.1, -0.05) is 19.9 Å². The molecule has 0 saturated heterocycles. The predicted molar refractivity (Wildman–Crippen MR) is 73.5 cm³/mol. The highest BCUT2D eigenvalue weighted by molar-refractivity contribution is 6.01. The van der Waals surface area contributed by atoms with E-state index in [1.54, 1.807) is 0 Å². The van der Waals surface area contributed by atoms with Crippen LogP contribution >= 0.6 is 0 Å². The number of hydrogen-bond donors (Lipinski definition) is 2.